The number of nitrogens with zero attached hydrogens (tertiary/aromatic N) is 1. The van der Waals surface area contributed by atoms with Gasteiger partial charge >= 0.3 is 0 Å². The Morgan fingerprint density at radius 1 is 1.11 bits per heavy atom. The van der Waals surface area contributed by atoms with Crippen LogP contribution in [0.3, 0.4) is 0 Å². The van der Waals surface area contributed by atoms with Gasteiger partial charge < -0.3 is 4.90 Å². The first-order valence-electron chi connectivity index (χ1n) is 5.82. The number of amides is 1. The Morgan fingerprint density at radius 2 is 1.79 bits per heavy atom. The normalized spacial score (nSPS) is 10.3. The molecule has 0 fully saturated rings. The molecule has 0 bridgehead atoms. The Kier molecular flexibility index (Phi) is 4.46. The minimum Gasteiger partial charge on any atom is -0.337 e. The van der Waals surface area contributed by atoms with Gasteiger partial charge in [-0.1, -0.05) is 53.5 Å². The first-order chi connectivity index (χ1) is 9.08. The highest BCUT2D eigenvalue weighted by atomic mass is 35.5. The van der Waals surface area contributed by atoms with Crippen molar-refractivity contribution < 1.29 is 4.79 Å². The first kappa shape index (κ1) is 13.9. The zero-order chi connectivity index (χ0) is 13.8. The summed E-state index contributed by atoms with van der Waals surface area (Å²) >= 11 is 11.9. The van der Waals surface area contributed by atoms with Crippen LogP contribution in [-0.2, 0) is 6.54 Å². The van der Waals surface area contributed by atoms with Crippen LogP contribution in [-0.4, -0.2) is 17.9 Å². The number of carbonyl (C=O) groups is 1. The first-order valence-corrected chi connectivity index (χ1v) is 6.58. The van der Waals surface area contributed by atoms with Gasteiger partial charge in [0.2, 0.25) is 0 Å². The van der Waals surface area contributed by atoms with E-state index in [9.17, 15) is 4.79 Å². The molecule has 1 amide bonds. The SMILES string of the molecule is CN(Cc1ccccc1)C(=O)c1ccc(Cl)cc1Cl. The molecule has 0 radical (unpaired) electrons. The monoisotopic (exact) mass is 293 g/mol. The molecule has 98 valence electrons. The Bertz CT molecular complexity index is 584. The maximum Gasteiger partial charge on any atom is 0.255 e. The van der Waals surface area contributed by atoms with Crippen LogP contribution in [0.5, 0.6) is 0 Å². The van der Waals surface area contributed by atoms with Gasteiger partial charge in [-0.25, -0.2) is 0 Å². The molecule has 0 spiro atoms. The van der Waals surface area contributed by atoms with Crippen molar-refractivity contribution in [2.24, 2.45) is 0 Å². The fourth-order valence-electron chi connectivity index (χ4n) is 1.80. The lowest BCUT2D eigenvalue weighted by Gasteiger charge is -2.18. The summed E-state index contributed by atoms with van der Waals surface area (Å²) in [5.74, 6) is -0.120. The van der Waals surface area contributed by atoms with Gasteiger partial charge in [-0.15, -0.1) is 0 Å². The van der Waals surface area contributed by atoms with Gasteiger partial charge in [0.05, 0.1) is 10.6 Å². The summed E-state index contributed by atoms with van der Waals surface area (Å²) in [6.07, 6.45) is 0. The Morgan fingerprint density at radius 3 is 2.42 bits per heavy atom. The number of rotatable bonds is 3. The second-order valence-corrected chi connectivity index (χ2v) is 5.11. The standard InChI is InChI=1S/C15H13Cl2NO/c1-18(10-11-5-3-2-4-6-11)15(19)13-8-7-12(16)9-14(13)17/h2-9H,10H2,1H3. The van der Waals surface area contributed by atoms with Crippen molar-refractivity contribution in [2.75, 3.05) is 7.05 Å². The molecule has 0 aliphatic carbocycles. The predicted molar refractivity (Wildman–Crippen MR) is 78.7 cm³/mol. The third-order valence-corrected chi connectivity index (χ3v) is 3.32. The summed E-state index contributed by atoms with van der Waals surface area (Å²) in [5, 5.41) is 0.893. The molecule has 2 rings (SSSR count). The quantitative estimate of drug-likeness (QED) is 0.828. The average Bonchev–Trinajstić information content (AvgIpc) is 2.39. The second-order valence-electron chi connectivity index (χ2n) is 4.27. The molecule has 0 aliphatic rings. The van der Waals surface area contributed by atoms with Gasteiger partial charge in [0.1, 0.15) is 0 Å². The van der Waals surface area contributed by atoms with E-state index in [0.29, 0.717) is 22.2 Å². The van der Waals surface area contributed by atoms with Crippen molar-refractivity contribution in [3.63, 3.8) is 0 Å². The van der Waals surface area contributed by atoms with E-state index < -0.39 is 0 Å². The maximum absolute atomic E-state index is 12.3. The van der Waals surface area contributed by atoms with Crippen LogP contribution in [0, 0.1) is 0 Å². The molecule has 2 nitrogen and oxygen atoms in total. The molecule has 0 aliphatic heterocycles. The summed E-state index contributed by atoms with van der Waals surface area (Å²) in [5.41, 5.74) is 1.54. The molecule has 0 unspecified atom stereocenters. The molecule has 19 heavy (non-hydrogen) atoms. The van der Waals surface area contributed by atoms with E-state index in [4.69, 9.17) is 23.2 Å². The minimum atomic E-state index is -0.120. The van der Waals surface area contributed by atoms with Crippen LogP contribution < -0.4 is 0 Å². The number of hydrogen-bond acceptors (Lipinski definition) is 1. The molecule has 2 aromatic carbocycles. The van der Waals surface area contributed by atoms with Crippen molar-refractivity contribution in [3.8, 4) is 0 Å². The van der Waals surface area contributed by atoms with Gasteiger partial charge in [-0.05, 0) is 23.8 Å². The third-order valence-electron chi connectivity index (χ3n) is 2.77. The van der Waals surface area contributed by atoms with E-state index in [0.717, 1.165) is 5.56 Å². The molecule has 2 aromatic rings. The van der Waals surface area contributed by atoms with Crippen molar-refractivity contribution >= 4 is 29.1 Å². The topological polar surface area (TPSA) is 20.3 Å². The van der Waals surface area contributed by atoms with E-state index in [-0.39, 0.29) is 5.91 Å². The fourth-order valence-corrected chi connectivity index (χ4v) is 2.29. The van der Waals surface area contributed by atoms with E-state index in [2.05, 4.69) is 0 Å². The Hall–Kier alpha value is -1.51. The zero-order valence-corrected chi connectivity index (χ0v) is 11.9. The fraction of sp³-hybridized carbons (Fsp3) is 0.133. The highest BCUT2D eigenvalue weighted by Crippen LogP contribution is 2.22. The van der Waals surface area contributed by atoms with E-state index in [1.807, 2.05) is 30.3 Å². The highest BCUT2D eigenvalue weighted by Gasteiger charge is 2.15. The third kappa shape index (κ3) is 3.49. The summed E-state index contributed by atoms with van der Waals surface area (Å²) < 4.78 is 0. The number of benzene rings is 2. The van der Waals surface area contributed by atoms with E-state index >= 15 is 0 Å². The van der Waals surface area contributed by atoms with Crippen LogP contribution in [0.1, 0.15) is 15.9 Å². The molecule has 4 heteroatoms. The number of carbonyl (C=O) groups excluding carboxylic acids is 1. The smallest absolute Gasteiger partial charge is 0.255 e. The Balaban J connectivity index is 2.15. The zero-order valence-electron chi connectivity index (χ0n) is 10.4. The summed E-state index contributed by atoms with van der Waals surface area (Å²) in [6, 6.07) is 14.7. The molecule has 0 saturated carbocycles. The van der Waals surface area contributed by atoms with Gasteiger partial charge in [0, 0.05) is 18.6 Å². The van der Waals surface area contributed by atoms with Crippen LogP contribution >= 0.6 is 23.2 Å². The highest BCUT2D eigenvalue weighted by molar-refractivity contribution is 6.36. The minimum absolute atomic E-state index is 0.120. The largest absolute Gasteiger partial charge is 0.337 e. The van der Waals surface area contributed by atoms with Gasteiger partial charge in [-0.3, -0.25) is 4.79 Å². The Labute approximate surface area is 122 Å². The average molecular weight is 294 g/mol. The van der Waals surface area contributed by atoms with E-state index in [1.54, 1.807) is 30.1 Å². The molecule has 0 N–H and O–H groups in total. The van der Waals surface area contributed by atoms with Gasteiger partial charge in [0.15, 0.2) is 0 Å². The summed E-state index contributed by atoms with van der Waals surface area (Å²) in [7, 11) is 1.75. The number of halogens is 2. The van der Waals surface area contributed by atoms with Crippen molar-refractivity contribution in [1.29, 1.82) is 0 Å². The molecule has 0 aromatic heterocycles. The van der Waals surface area contributed by atoms with Crippen LogP contribution in [0.2, 0.25) is 10.0 Å². The summed E-state index contributed by atoms with van der Waals surface area (Å²) in [4.78, 5) is 13.9. The van der Waals surface area contributed by atoms with Gasteiger partial charge in [-0.2, -0.15) is 0 Å². The lowest BCUT2D eigenvalue weighted by Crippen LogP contribution is -2.26. The molecule has 0 saturated heterocycles. The van der Waals surface area contributed by atoms with Crippen LogP contribution in [0.25, 0.3) is 0 Å². The van der Waals surface area contributed by atoms with Crippen LogP contribution in [0.15, 0.2) is 48.5 Å². The van der Waals surface area contributed by atoms with E-state index in [1.165, 1.54) is 0 Å². The van der Waals surface area contributed by atoms with Crippen molar-refractivity contribution in [3.05, 3.63) is 69.7 Å². The van der Waals surface area contributed by atoms with Gasteiger partial charge in [0.25, 0.3) is 5.91 Å². The van der Waals surface area contributed by atoms with Crippen LogP contribution in [0.4, 0.5) is 0 Å². The molecule has 0 atom stereocenters. The maximum atomic E-state index is 12.3. The molecule has 0 heterocycles. The molecular formula is C15H13Cl2NO. The lowest BCUT2D eigenvalue weighted by molar-refractivity contribution is 0.0785. The molecular weight excluding hydrogens is 281 g/mol. The second kappa shape index (κ2) is 6.09. The number of hydrogen-bond donors (Lipinski definition) is 0. The summed E-state index contributed by atoms with van der Waals surface area (Å²) in [6.45, 7) is 0.540. The van der Waals surface area contributed by atoms with Crippen molar-refractivity contribution in [2.45, 2.75) is 6.54 Å². The lowest BCUT2D eigenvalue weighted by atomic mass is 10.1. The predicted octanol–water partition coefficient (Wildman–Crippen LogP) is 4.27. The van der Waals surface area contributed by atoms with Crippen molar-refractivity contribution in [1.82, 2.24) is 4.90 Å².